The van der Waals surface area contributed by atoms with Crippen LogP contribution in [0.15, 0.2) is 35.6 Å². The summed E-state index contributed by atoms with van der Waals surface area (Å²) in [6, 6.07) is 0. The number of hydrogen-bond acceptors (Lipinski definition) is 1. The summed E-state index contributed by atoms with van der Waals surface area (Å²) in [5.41, 5.74) is 1.91. The molecule has 0 saturated carbocycles. The molecule has 0 spiro atoms. The van der Waals surface area contributed by atoms with E-state index in [0.29, 0.717) is 5.76 Å². The second kappa shape index (κ2) is 5.64. The molecule has 1 nitrogen and oxygen atoms in total. The average Bonchev–Trinajstić information content (AvgIpc) is 2.09. The summed E-state index contributed by atoms with van der Waals surface area (Å²) in [5.74, 6) is 0.400. The summed E-state index contributed by atoms with van der Waals surface area (Å²) >= 11 is 0. The molecule has 0 rings (SSSR count). The van der Waals surface area contributed by atoms with Crippen LogP contribution in [0.4, 0.5) is 0 Å². The molecule has 0 atom stereocenters. The zero-order valence-corrected chi connectivity index (χ0v) is 8.22. The van der Waals surface area contributed by atoms with Crippen LogP contribution in [0.2, 0.25) is 0 Å². The van der Waals surface area contributed by atoms with Crippen molar-refractivity contribution in [3.63, 3.8) is 0 Å². The van der Waals surface area contributed by atoms with Gasteiger partial charge in [0.15, 0.2) is 0 Å². The van der Waals surface area contributed by atoms with E-state index in [9.17, 15) is 5.11 Å². The van der Waals surface area contributed by atoms with Crippen LogP contribution in [0.25, 0.3) is 0 Å². The summed E-state index contributed by atoms with van der Waals surface area (Å²) in [5, 5.41) is 9.71. The van der Waals surface area contributed by atoms with Crippen LogP contribution in [0.1, 0.15) is 33.6 Å². The highest BCUT2D eigenvalue weighted by molar-refractivity contribution is 5.33. The van der Waals surface area contributed by atoms with Crippen LogP contribution in [0.3, 0.4) is 0 Å². The van der Waals surface area contributed by atoms with E-state index in [1.807, 2.05) is 26.8 Å². The fraction of sp³-hybridized carbons (Fsp3) is 0.455. The zero-order chi connectivity index (χ0) is 9.56. The van der Waals surface area contributed by atoms with Gasteiger partial charge in [-0.3, -0.25) is 0 Å². The number of allylic oxidation sites excluding steroid dienone is 4. The lowest BCUT2D eigenvalue weighted by Crippen LogP contribution is -1.91. The fourth-order valence-corrected chi connectivity index (χ4v) is 1.12. The highest BCUT2D eigenvalue weighted by Crippen LogP contribution is 2.17. The van der Waals surface area contributed by atoms with Gasteiger partial charge >= 0.3 is 0 Å². The SMILES string of the molecule is C=C/C(CC)=C(O)\C(=C/C)CC. The van der Waals surface area contributed by atoms with Gasteiger partial charge < -0.3 is 5.11 Å². The van der Waals surface area contributed by atoms with Gasteiger partial charge in [0, 0.05) is 0 Å². The minimum Gasteiger partial charge on any atom is -0.507 e. The Kier molecular flexibility index (Phi) is 5.18. The monoisotopic (exact) mass is 166 g/mol. The predicted molar refractivity (Wildman–Crippen MR) is 54.2 cm³/mol. The standard InChI is InChI=1S/C11H18O/c1-5-9(6-2)11(12)10(7-3)8-4/h5,7,12H,1,6,8H2,2-4H3/b10-7-,11-9-. The van der Waals surface area contributed by atoms with Gasteiger partial charge in [-0.2, -0.15) is 0 Å². The van der Waals surface area contributed by atoms with E-state index in [1.54, 1.807) is 6.08 Å². The summed E-state index contributed by atoms with van der Waals surface area (Å²) in [6.07, 6.45) is 5.34. The third-order valence-corrected chi connectivity index (χ3v) is 1.96. The van der Waals surface area contributed by atoms with E-state index >= 15 is 0 Å². The number of aliphatic hydroxyl groups is 1. The van der Waals surface area contributed by atoms with Gasteiger partial charge in [0.05, 0.1) is 0 Å². The van der Waals surface area contributed by atoms with Gasteiger partial charge in [-0.15, -0.1) is 0 Å². The van der Waals surface area contributed by atoms with E-state index in [4.69, 9.17) is 0 Å². The summed E-state index contributed by atoms with van der Waals surface area (Å²) in [4.78, 5) is 0. The molecule has 0 aliphatic heterocycles. The van der Waals surface area contributed by atoms with Crippen LogP contribution in [-0.2, 0) is 0 Å². The maximum Gasteiger partial charge on any atom is 0.121 e. The molecule has 0 fully saturated rings. The Morgan fingerprint density at radius 3 is 2.17 bits per heavy atom. The van der Waals surface area contributed by atoms with Crippen molar-refractivity contribution in [2.45, 2.75) is 33.6 Å². The Morgan fingerprint density at radius 1 is 1.33 bits per heavy atom. The fourth-order valence-electron chi connectivity index (χ4n) is 1.12. The first kappa shape index (κ1) is 11.0. The van der Waals surface area contributed by atoms with E-state index in [-0.39, 0.29) is 0 Å². The number of aliphatic hydroxyl groups excluding tert-OH is 1. The van der Waals surface area contributed by atoms with Crippen molar-refractivity contribution in [2.75, 3.05) is 0 Å². The molecule has 0 radical (unpaired) electrons. The first-order valence-corrected chi connectivity index (χ1v) is 4.41. The molecule has 0 amide bonds. The van der Waals surface area contributed by atoms with Gasteiger partial charge in [-0.05, 0) is 30.9 Å². The van der Waals surface area contributed by atoms with Crippen molar-refractivity contribution in [3.05, 3.63) is 35.6 Å². The Morgan fingerprint density at radius 2 is 1.92 bits per heavy atom. The third-order valence-electron chi connectivity index (χ3n) is 1.96. The molecule has 0 bridgehead atoms. The smallest absolute Gasteiger partial charge is 0.121 e. The minimum atomic E-state index is 0.400. The molecule has 0 aromatic carbocycles. The van der Waals surface area contributed by atoms with Gasteiger partial charge in [-0.1, -0.05) is 32.6 Å². The molecular weight excluding hydrogens is 148 g/mol. The van der Waals surface area contributed by atoms with Crippen LogP contribution in [-0.4, -0.2) is 5.11 Å². The molecule has 12 heavy (non-hydrogen) atoms. The molecule has 0 unspecified atom stereocenters. The normalized spacial score (nSPS) is 14.1. The lowest BCUT2D eigenvalue weighted by atomic mass is 10.0. The number of hydrogen-bond donors (Lipinski definition) is 1. The molecule has 0 saturated heterocycles. The van der Waals surface area contributed by atoms with Crippen molar-refractivity contribution < 1.29 is 5.11 Å². The molecule has 0 aliphatic rings. The number of rotatable bonds is 4. The lowest BCUT2D eigenvalue weighted by molar-refractivity contribution is 0.413. The van der Waals surface area contributed by atoms with Crippen molar-refractivity contribution in [1.82, 2.24) is 0 Å². The van der Waals surface area contributed by atoms with E-state index in [1.165, 1.54) is 0 Å². The first-order valence-electron chi connectivity index (χ1n) is 4.41. The Balaban J connectivity index is 4.84. The van der Waals surface area contributed by atoms with E-state index in [0.717, 1.165) is 24.0 Å². The van der Waals surface area contributed by atoms with Gasteiger partial charge in [0.2, 0.25) is 0 Å². The van der Waals surface area contributed by atoms with Crippen molar-refractivity contribution in [3.8, 4) is 0 Å². The van der Waals surface area contributed by atoms with Crippen LogP contribution < -0.4 is 0 Å². The van der Waals surface area contributed by atoms with E-state index < -0.39 is 0 Å². The van der Waals surface area contributed by atoms with Crippen LogP contribution in [0.5, 0.6) is 0 Å². The van der Waals surface area contributed by atoms with Gasteiger partial charge in [0.25, 0.3) is 0 Å². The van der Waals surface area contributed by atoms with E-state index in [2.05, 4.69) is 6.58 Å². The predicted octanol–water partition coefficient (Wildman–Crippen LogP) is 3.75. The Hall–Kier alpha value is -0.980. The van der Waals surface area contributed by atoms with Crippen LogP contribution >= 0.6 is 0 Å². The molecule has 0 aliphatic carbocycles. The average molecular weight is 166 g/mol. The molecule has 0 aromatic rings. The molecular formula is C11H18O. The maximum atomic E-state index is 9.71. The molecule has 0 heterocycles. The molecule has 68 valence electrons. The highest BCUT2D eigenvalue weighted by atomic mass is 16.3. The maximum absolute atomic E-state index is 9.71. The topological polar surface area (TPSA) is 20.2 Å². The quantitative estimate of drug-likeness (QED) is 0.498. The second-order valence-electron chi connectivity index (χ2n) is 2.60. The summed E-state index contributed by atoms with van der Waals surface area (Å²) < 4.78 is 0. The van der Waals surface area contributed by atoms with Crippen molar-refractivity contribution >= 4 is 0 Å². The molecule has 1 heteroatoms. The van der Waals surface area contributed by atoms with Gasteiger partial charge in [0.1, 0.15) is 5.76 Å². The molecule has 0 aromatic heterocycles. The Labute approximate surface area is 75.1 Å². The zero-order valence-electron chi connectivity index (χ0n) is 8.22. The van der Waals surface area contributed by atoms with Crippen LogP contribution in [0, 0.1) is 0 Å². The van der Waals surface area contributed by atoms with Crippen molar-refractivity contribution in [1.29, 1.82) is 0 Å². The largest absolute Gasteiger partial charge is 0.507 e. The Bertz CT molecular complexity index is 209. The lowest BCUT2D eigenvalue weighted by Gasteiger charge is -2.06. The van der Waals surface area contributed by atoms with Gasteiger partial charge in [-0.25, -0.2) is 0 Å². The van der Waals surface area contributed by atoms with Crippen molar-refractivity contribution in [2.24, 2.45) is 0 Å². The highest BCUT2D eigenvalue weighted by Gasteiger charge is 2.03. The summed E-state index contributed by atoms with van der Waals surface area (Å²) in [6.45, 7) is 9.63. The third kappa shape index (κ3) is 2.57. The minimum absolute atomic E-state index is 0.400. The summed E-state index contributed by atoms with van der Waals surface area (Å²) in [7, 11) is 0. The molecule has 1 N–H and O–H groups in total. The second-order valence-corrected chi connectivity index (χ2v) is 2.60. The first-order chi connectivity index (χ1) is 5.71.